The standard InChI is InChI=1S/C26H27ClFN5O2S/c27-23-17-24(32-10-8-31(9-11-32)22-7-2-1-6-21(22)28)30-26(29-23)36-18-19-4-3-5-20(16-19)25(34)33-12-14-35-15-13-33/h1-7,16-17H,8-15,18H2. The van der Waals surface area contributed by atoms with E-state index >= 15 is 0 Å². The molecule has 0 radical (unpaired) electrons. The van der Waals surface area contributed by atoms with Crippen LogP contribution >= 0.6 is 23.4 Å². The highest BCUT2D eigenvalue weighted by Crippen LogP contribution is 2.27. The Morgan fingerprint density at radius 2 is 1.69 bits per heavy atom. The maximum atomic E-state index is 14.2. The number of carbonyl (C=O) groups is 1. The maximum Gasteiger partial charge on any atom is 0.254 e. The summed E-state index contributed by atoms with van der Waals surface area (Å²) in [5, 5.41) is 0.967. The number of thioether (sulfide) groups is 1. The molecule has 0 spiro atoms. The van der Waals surface area contributed by atoms with Crippen molar-refractivity contribution in [3.8, 4) is 0 Å². The van der Waals surface area contributed by atoms with E-state index in [9.17, 15) is 9.18 Å². The number of piperazine rings is 1. The van der Waals surface area contributed by atoms with Gasteiger partial charge in [0.05, 0.1) is 18.9 Å². The molecular weight excluding hydrogens is 501 g/mol. The number of rotatable bonds is 6. The first-order chi connectivity index (χ1) is 17.6. The number of nitrogens with zero attached hydrogens (tertiary/aromatic N) is 5. The van der Waals surface area contributed by atoms with Crippen molar-refractivity contribution in [1.29, 1.82) is 0 Å². The van der Waals surface area contributed by atoms with Gasteiger partial charge < -0.3 is 19.4 Å². The van der Waals surface area contributed by atoms with Crippen LogP contribution in [0.2, 0.25) is 5.15 Å². The highest BCUT2D eigenvalue weighted by atomic mass is 35.5. The van der Waals surface area contributed by atoms with Crippen molar-refractivity contribution >= 4 is 40.8 Å². The third kappa shape index (κ3) is 5.91. The van der Waals surface area contributed by atoms with Gasteiger partial charge >= 0.3 is 0 Å². The van der Waals surface area contributed by atoms with Crippen LogP contribution in [0.5, 0.6) is 0 Å². The molecule has 2 saturated heterocycles. The summed E-state index contributed by atoms with van der Waals surface area (Å²) in [6.07, 6.45) is 0. The molecule has 0 N–H and O–H groups in total. The normalized spacial score (nSPS) is 16.3. The SMILES string of the molecule is O=C(c1cccc(CSc2nc(Cl)cc(N3CCN(c4ccccc4F)CC3)n2)c1)N1CCOCC1. The lowest BCUT2D eigenvalue weighted by atomic mass is 10.1. The van der Waals surface area contributed by atoms with Gasteiger partial charge in [-0.15, -0.1) is 0 Å². The molecule has 3 heterocycles. The van der Waals surface area contributed by atoms with Crippen molar-refractivity contribution < 1.29 is 13.9 Å². The summed E-state index contributed by atoms with van der Waals surface area (Å²) in [7, 11) is 0. The second kappa shape index (κ2) is 11.5. The van der Waals surface area contributed by atoms with E-state index in [2.05, 4.69) is 14.8 Å². The second-order valence-corrected chi connectivity index (χ2v) is 9.98. The molecule has 36 heavy (non-hydrogen) atoms. The van der Waals surface area contributed by atoms with E-state index in [1.807, 2.05) is 41.3 Å². The first-order valence-electron chi connectivity index (χ1n) is 11.9. The molecule has 5 rings (SSSR count). The summed E-state index contributed by atoms with van der Waals surface area (Å²) in [5.74, 6) is 1.21. The fraction of sp³-hybridized carbons (Fsp3) is 0.346. The van der Waals surface area contributed by atoms with E-state index < -0.39 is 0 Å². The predicted octanol–water partition coefficient (Wildman–Crippen LogP) is 4.36. The van der Waals surface area contributed by atoms with Crippen molar-refractivity contribution in [2.75, 3.05) is 62.3 Å². The van der Waals surface area contributed by atoms with Crippen LogP contribution in [0.15, 0.2) is 59.8 Å². The van der Waals surface area contributed by atoms with Crippen LogP contribution in [-0.2, 0) is 10.5 Å². The molecule has 1 amide bonds. The van der Waals surface area contributed by atoms with Crippen LogP contribution in [0.1, 0.15) is 15.9 Å². The van der Waals surface area contributed by atoms with Gasteiger partial charge in [0.25, 0.3) is 5.91 Å². The molecule has 2 fully saturated rings. The van der Waals surface area contributed by atoms with Crippen molar-refractivity contribution in [3.63, 3.8) is 0 Å². The molecule has 2 aliphatic rings. The zero-order valence-electron chi connectivity index (χ0n) is 19.8. The highest BCUT2D eigenvalue weighted by molar-refractivity contribution is 7.98. The Labute approximate surface area is 219 Å². The Morgan fingerprint density at radius 3 is 2.47 bits per heavy atom. The topological polar surface area (TPSA) is 61.8 Å². The zero-order valence-corrected chi connectivity index (χ0v) is 21.3. The fourth-order valence-corrected chi connectivity index (χ4v) is 5.41. The first-order valence-corrected chi connectivity index (χ1v) is 13.3. The number of anilines is 2. The molecule has 7 nitrogen and oxygen atoms in total. The average molecular weight is 528 g/mol. The average Bonchev–Trinajstić information content (AvgIpc) is 2.92. The van der Waals surface area contributed by atoms with E-state index in [0.29, 0.717) is 79.8 Å². The molecule has 0 saturated carbocycles. The number of morpholine rings is 1. The summed E-state index contributed by atoms with van der Waals surface area (Å²) in [6.45, 7) is 5.18. The summed E-state index contributed by atoms with van der Waals surface area (Å²) in [4.78, 5) is 28.0. The Balaban J connectivity index is 1.21. The molecular formula is C26H27ClFN5O2S. The Bertz CT molecular complexity index is 1220. The van der Waals surface area contributed by atoms with E-state index in [1.54, 1.807) is 12.1 Å². The summed E-state index contributed by atoms with van der Waals surface area (Å²) < 4.78 is 19.5. The molecule has 1 aromatic heterocycles. The number of amides is 1. The smallest absolute Gasteiger partial charge is 0.254 e. The van der Waals surface area contributed by atoms with Crippen molar-refractivity contribution in [1.82, 2.24) is 14.9 Å². The largest absolute Gasteiger partial charge is 0.378 e. The third-order valence-electron chi connectivity index (χ3n) is 6.30. The summed E-state index contributed by atoms with van der Waals surface area (Å²) >= 11 is 7.82. The van der Waals surface area contributed by atoms with Crippen LogP contribution in [0, 0.1) is 5.82 Å². The minimum Gasteiger partial charge on any atom is -0.378 e. The van der Waals surface area contributed by atoms with Crippen LogP contribution < -0.4 is 9.80 Å². The van der Waals surface area contributed by atoms with E-state index in [1.165, 1.54) is 17.8 Å². The fourth-order valence-electron chi connectivity index (χ4n) is 4.39. The molecule has 2 aromatic carbocycles. The van der Waals surface area contributed by atoms with Crippen molar-refractivity contribution in [2.24, 2.45) is 0 Å². The Kier molecular flexibility index (Phi) is 7.89. The maximum absolute atomic E-state index is 14.2. The van der Waals surface area contributed by atoms with Gasteiger partial charge in [0, 0.05) is 56.7 Å². The number of hydrogen-bond donors (Lipinski definition) is 0. The molecule has 0 unspecified atom stereocenters. The molecule has 3 aromatic rings. The summed E-state index contributed by atoms with van der Waals surface area (Å²) in [6, 6.07) is 16.3. The number of carbonyl (C=O) groups excluding carboxylic acids is 1. The van der Waals surface area contributed by atoms with E-state index in [4.69, 9.17) is 21.3 Å². The molecule has 0 bridgehead atoms. The number of hydrogen-bond acceptors (Lipinski definition) is 7. The van der Waals surface area contributed by atoms with Gasteiger partial charge in [0.2, 0.25) is 0 Å². The first kappa shape index (κ1) is 24.8. The van der Waals surface area contributed by atoms with Gasteiger partial charge in [-0.1, -0.05) is 47.6 Å². The van der Waals surface area contributed by atoms with Gasteiger partial charge in [-0.3, -0.25) is 4.79 Å². The zero-order chi connectivity index (χ0) is 24.9. The van der Waals surface area contributed by atoms with Gasteiger partial charge in [0.1, 0.15) is 16.8 Å². The van der Waals surface area contributed by atoms with Gasteiger partial charge in [0.15, 0.2) is 5.16 Å². The van der Waals surface area contributed by atoms with Crippen molar-refractivity contribution in [2.45, 2.75) is 10.9 Å². The minimum atomic E-state index is -0.203. The molecule has 10 heteroatoms. The number of benzene rings is 2. The predicted molar refractivity (Wildman–Crippen MR) is 141 cm³/mol. The van der Waals surface area contributed by atoms with Crippen LogP contribution in [0.3, 0.4) is 0 Å². The Hall–Kier alpha value is -2.88. The van der Waals surface area contributed by atoms with Crippen LogP contribution in [-0.4, -0.2) is 73.3 Å². The quantitative estimate of drug-likeness (QED) is 0.268. The number of halogens is 2. The molecule has 0 atom stereocenters. The monoisotopic (exact) mass is 527 g/mol. The lowest BCUT2D eigenvalue weighted by Crippen LogP contribution is -2.47. The third-order valence-corrected chi connectivity index (χ3v) is 7.41. The van der Waals surface area contributed by atoms with Gasteiger partial charge in [-0.2, -0.15) is 0 Å². The van der Waals surface area contributed by atoms with E-state index in [0.717, 1.165) is 11.4 Å². The second-order valence-electron chi connectivity index (χ2n) is 8.65. The van der Waals surface area contributed by atoms with Crippen molar-refractivity contribution in [3.05, 3.63) is 76.7 Å². The molecule has 0 aliphatic carbocycles. The lowest BCUT2D eigenvalue weighted by molar-refractivity contribution is 0.0303. The minimum absolute atomic E-state index is 0.0287. The van der Waals surface area contributed by atoms with E-state index in [-0.39, 0.29) is 11.7 Å². The van der Waals surface area contributed by atoms with Gasteiger partial charge in [-0.05, 0) is 29.8 Å². The summed E-state index contributed by atoms with van der Waals surface area (Å²) in [5.41, 5.74) is 2.32. The number of para-hydroxylation sites is 1. The highest BCUT2D eigenvalue weighted by Gasteiger charge is 2.22. The molecule has 188 valence electrons. The van der Waals surface area contributed by atoms with Crippen LogP contribution in [0.25, 0.3) is 0 Å². The van der Waals surface area contributed by atoms with Gasteiger partial charge in [-0.25, -0.2) is 14.4 Å². The number of ether oxygens (including phenoxy) is 1. The van der Waals surface area contributed by atoms with Crippen LogP contribution in [0.4, 0.5) is 15.9 Å². The Morgan fingerprint density at radius 1 is 0.944 bits per heavy atom. The number of aromatic nitrogens is 2. The molecule has 2 aliphatic heterocycles. The lowest BCUT2D eigenvalue weighted by Gasteiger charge is -2.36.